The number of esters is 1. The van der Waals surface area contributed by atoms with Gasteiger partial charge < -0.3 is 9.84 Å². The molecule has 1 aliphatic carbocycles. The molecule has 4 nitrogen and oxygen atoms in total. The molecule has 1 N–H and O–H groups in total. The van der Waals surface area contributed by atoms with Crippen LogP contribution in [-0.4, -0.2) is 23.2 Å². The van der Waals surface area contributed by atoms with E-state index in [-0.39, 0.29) is 17.1 Å². The Labute approximate surface area is 172 Å². The van der Waals surface area contributed by atoms with Gasteiger partial charge in [-0.2, -0.15) is 0 Å². The smallest absolute Gasteiger partial charge is 0.337 e. The van der Waals surface area contributed by atoms with E-state index in [0.717, 1.165) is 43.0 Å². The van der Waals surface area contributed by atoms with Gasteiger partial charge >= 0.3 is 5.97 Å². The highest BCUT2D eigenvalue weighted by molar-refractivity contribution is 7.21. The summed E-state index contributed by atoms with van der Waals surface area (Å²) in [5.41, 5.74) is 6.07. The molecule has 0 saturated carbocycles. The van der Waals surface area contributed by atoms with Gasteiger partial charge in [0.2, 0.25) is 0 Å². The molecule has 0 amide bonds. The van der Waals surface area contributed by atoms with Crippen molar-refractivity contribution in [3.05, 3.63) is 71.3 Å². The predicted molar refractivity (Wildman–Crippen MR) is 116 cm³/mol. The van der Waals surface area contributed by atoms with E-state index in [0.29, 0.717) is 5.56 Å². The topological polar surface area (TPSA) is 59.4 Å². The number of aromatic nitrogens is 1. The normalized spacial score (nSPS) is 13.9. The van der Waals surface area contributed by atoms with E-state index in [2.05, 4.69) is 13.8 Å². The minimum absolute atomic E-state index is 0.212. The van der Waals surface area contributed by atoms with Crippen LogP contribution in [0.2, 0.25) is 0 Å². The molecule has 1 aliphatic rings. The molecule has 3 aromatic carbocycles. The third-order valence-corrected chi connectivity index (χ3v) is 6.81. The molecular formula is C24H19NO3S. The minimum Gasteiger partial charge on any atom is -0.507 e. The van der Waals surface area contributed by atoms with E-state index < -0.39 is 0 Å². The maximum atomic E-state index is 12.0. The second kappa shape index (κ2) is 6.16. The van der Waals surface area contributed by atoms with Gasteiger partial charge in [-0.25, -0.2) is 9.78 Å². The first kappa shape index (κ1) is 17.9. The van der Waals surface area contributed by atoms with E-state index in [4.69, 9.17) is 9.72 Å². The van der Waals surface area contributed by atoms with E-state index in [1.54, 1.807) is 17.4 Å². The highest BCUT2D eigenvalue weighted by Gasteiger charge is 2.37. The molecule has 0 saturated heterocycles. The highest BCUT2D eigenvalue weighted by Crippen LogP contribution is 2.52. The summed E-state index contributed by atoms with van der Waals surface area (Å²) in [7, 11) is 1.39. The van der Waals surface area contributed by atoms with E-state index in [9.17, 15) is 9.90 Å². The molecule has 1 aromatic heterocycles. The van der Waals surface area contributed by atoms with Crippen molar-refractivity contribution in [2.75, 3.05) is 7.11 Å². The Morgan fingerprint density at radius 2 is 1.76 bits per heavy atom. The molecule has 5 heteroatoms. The van der Waals surface area contributed by atoms with Crippen LogP contribution in [0.1, 0.15) is 35.3 Å². The standard InChI is InChI=1S/C24H19NO3S/c1-24(2)17-10-13(23(27)28-3)8-9-14(17)15-12-20(26)16(11-18(15)24)22-25-19-6-4-5-7-21(19)29-22/h4-12,26H,1-3H3. The summed E-state index contributed by atoms with van der Waals surface area (Å²) in [6.45, 7) is 4.27. The lowest BCUT2D eigenvalue weighted by Crippen LogP contribution is -2.16. The molecule has 0 fully saturated rings. The summed E-state index contributed by atoms with van der Waals surface area (Å²) in [6, 6.07) is 17.4. The molecule has 4 aromatic rings. The number of carbonyl (C=O) groups excluding carboxylic acids is 1. The van der Waals surface area contributed by atoms with Crippen LogP contribution in [0.4, 0.5) is 0 Å². The molecular weight excluding hydrogens is 382 g/mol. The van der Waals surface area contributed by atoms with Crippen molar-refractivity contribution in [2.24, 2.45) is 0 Å². The molecule has 0 unspecified atom stereocenters. The van der Waals surface area contributed by atoms with Gasteiger partial charge in [-0.3, -0.25) is 0 Å². The molecule has 1 heterocycles. The number of fused-ring (bicyclic) bond motifs is 4. The van der Waals surface area contributed by atoms with Crippen LogP contribution in [0.3, 0.4) is 0 Å². The Bertz CT molecular complexity index is 1270. The molecule has 0 bridgehead atoms. The summed E-state index contributed by atoms with van der Waals surface area (Å²) < 4.78 is 5.97. The number of hydrogen-bond acceptors (Lipinski definition) is 5. The van der Waals surface area contributed by atoms with Gasteiger partial charge in [-0.05, 0) is 58.7 Å². The summed E-state index contributed by atoms with van der Waals surface area (Å²) in [4.78, 5) is 16.7. The Kier molecular flexibility index (Phi) is 3.80. The lowest BCUT2D eigenvalue weighted by Gasteiger charge is -2.22. The molecule has 29 heavy (non-hydrogen) atoms. The van der Waals surface area contributed by atoms with Crippen LogP contribution < -0.4 is 0 Å². The van der Waals surface area contributed by atoms with Gasteiger partial charge in [0.25, 0.3) is 0 Å². The third kappa shape index (κ3) is 2.58. The first-order valence-corrected chi connectivity index (χ1v) is 10.2. The fourth-order valence-corrected chi connectivity index (χ4v) is 5.16. The summed E-state index contributed by atoms with van der Waals surface area (Å²) in [6.07, 6.45) is 0. The lowest BCUT2D eigenvalue weighted by atomic mass is 9.81. The van der Waals surface area contributed by atoms with Crippen molar-refractivity contribution in [3.63, 3.8) is 0 Å². The van der Waals surface area contributed by atoms with Crippen LogP contribution >= 0.6 is 11.3 Å². The average Bonchev–Trinajstić information content (AvgIpc) is 3.24. The third-order valence-electron chi connectivity index (χ3n) is 5.74. The molecule has 144 valence electrons. The van der Waals surface area contributed by atoms with E-state index in [1.807, 2.05) is 48.5 Å². The second-order valence-electron chi connectivity index (χ2n) is 7.78. The summed E-state index contributed by atoms with van der Waals surface area (Å²) in [5, 5.41) is 11.6. The number of rotatable bonds is 2. The zero-order valence-electron chi connectivity index (χ0n) is 16.3. The molecule has 0 atom stereocenters. The monoisotopic (exact) mass is 401 g/mol. The van der Waals surface area contributed by atoms with Crippen LogP contribution in [0.5, 0.6) is 5.75 Å². The van der Waals surface area contributed by atoms with Crippen LogP contribution in [-0.2, 0) is 10.2 Å². The zero-order valence-corrected chi connectivity index (χ0v) is 17.1. The number of ether oxygens (including phenoxy) is 1. The van der Waals surface area contributed by atoms with Crippen molar-refractivity contribution in [2.45, 2.75) is 19.3 Å². The maximum Gasteiger partial charge on any atom is 0.337 e. The Morgan fingerprint density at radius 1 is 1.00 bits per heavy atom. The Morgan fingerprint density at radius 3 is 2.52 bits per heavy atom. The summed E-state index contributed by atoms with van der Waals surface area (Å²) in [5.74, 6) is -0.138. The number of phenolic OH excluding ortho intramolecular Hbond substituents is 1. The number of hydrogen-bond donors (Lipinski definition) is 1. The number of benzene rings is 3. The lowest BCUT2D eigenvalue weighted by molar-refractivity contribution is 0.0600. The van der Waals surface area contributed by atoms with Gasteiger partial charge in [-0.1, -0.05) is 32.0 Å². The van der Waals surface area contributed by atoms with E-state index in [1.165, 1.54) is 7.11 Å². The van der Waals surface area contributed by atoms with Gasteiger partial charge in [0.05, 0.1) is 28.5 Å². The first-order chi connectivity index (χ1) is 13.9. The Hall–Kier alpha value is -3.18. The number of carbonyl (C=O) groups is 1. The number of thiazole rings is 1. The predicted octanol–water partition coefficient (Wildman–Crippen LogP) is 5.76. The van der Waals surface area contributed by atoms with Crippen molar-refractivity contribution in [1.82, 2.24) is 4.98 Å². The van der Waals surface area contributed by atoms with Gasteiger partial charge in [0.15, 0.2) is 0 Å². The van der Waals surface area contributed by atoms with Gasteiger partial charge in [0.1, 0.15) is 10.8 Å². The fourth-order valence-electron chi connectivity index (χ4n) is 4.17. The molecule has 0 radical (unpaired) electrons. The minimum atomic E-state index is -0.349. The number of para-hydroxylation sites is 1. The van der Waals surface area contributed by atoms with Gasteiger partial charge in [-0.15, -0.1) is 11.3 Å². The number of phenols is 1. The van der Waals surface area contributed by atoms with Crippen LogP contribution in [0, 0.1) is 0 Å². The van der Waals surface area contributed by atoms with Crippen molar-refractivity contribution in [1.29, 1.82) is 0 Å². The van der Waals surface area contributed by atoms with Crippen molar-refractivity contribution >= 4 is 27.5 Å². The van der Waals surface area contributed by atoms with Crippen molar-refractivity contribution in [3.8, 4) is 27.4 Å². The fraction of sp³-hybridized carbons (Fsp3) is 0.167. The number of aromatic hydroxyl groups is 1. The molecule has 0 aliphatic heterocycles. The SMILES string of the molecule is COC(=O)c1ccc2c(c1)C(C)(C)c1cc(-c3nc4ccccc4s3)c(O)cc1-2. The summed E-state index contributed by atoms with van der Waals surface area (Å²) >= 11 is 1.57. The molecule has 0 spiro atoms. The number of nitrogens with zero attached hydrogens (tertiary/aromatic N) is 1. The molecule has 5 rings (SSSR count). The van der Waals surface area contributed by atoms with Crippen LogP contribution in [0.25, 0.3) is 31.9 Å². The zero-order chi connectivity index (χ0) is 20.3. The number of methoxy groups -OCH3 is 1. The maximum absolute atomic E-state index is 12.0. The van der Waals surface area contributed by atoms with Crippen molar-refractivity contribution < 1.29 is 14.6 Å². The average molecular weight is 401 g/mol. The highest BCUT2D eigenvalue weighted by atomic mass is 32.1. The first-order valence-electron chi connectivity index (χ1n) is 9.37. The largest absolute Gasteiger partial charge is 0.507 e. The second-order valence-corrected chi connectivity index (χ2v) is 8.81. The van der Waals surface area contributed by atoms with Gasteiger partial charge in [0, 0.05) is 5.41 Å². The Balaban J connectivity index is 1.69. The van der Waals surface area contributed by atoms with E-state index >= 15 is 0 Å². The van der Waals surface area contributed by atoms with Crippen LogP contribution in [0.15, 0.2) is 54.6 Å². The quantitative estimate of drug-likeness (QED) is 0.434.